The van der Waals surface area contributed by atoms with E-state index in [0.29, 0.717) is 10.4 Å². The number of carbonyl (C=O) groups is 1. The van der Waals surface area contributed by atoms with Gasteiger partial charge in [-0.25, -0.2) is 9.48 Å². The maximum Gasteiger partial charge on any atom is 0.410 e. The van der Waals surface area contributed by atoms with E-state index in [0.717, 1.165) is 0 Å². The van der Waals surface area contributed by atoms with Gasteiger partial charge < -0.3 is 5.11 Å². The zero-order valence-corrected chi connectivity index (χ0v) is 7.16. The van der Waals surface area contributed by atoms with Crippen LogP contribution in [-0.4, -0.2) is 26.2 Å². The Morgan fingerprint density at radius 2 is 2.45 bits per heavy atom. The number of aryl methyl sites for hydroxylation is 1. The van der Waals surface area contributed by atoms with Gasteiger partial charge in [-0.2, -0.15) is 0 Å². The van der Waals surface area contributed by atoms with Crippen LogP contribution in [0.15, 0.2) is 4.60 Å². The molecule has 0 spiro atoms. The third-order valence-corrected chi connectivity index (χ3v) is 1.55. The SMILES string of the molecule is Cn1nnc(Br)c1NC(=O)O. The minimum atomic E-state index is -1.14. The molecule has 0 unspecified atom stereocenters. The van der Waals surface area contributed by atoms with Crippen LogP contribution in [-0.2, 0) is 7.05 Å². The summed E-state index contributed by atoms with van der Waals surface area (Å²) in [4.78, 5) is 10.2. The lowest BCUT2D eigenvalue weighted by Gasteiger charge is -1.98. The van der Waals surface area contributed by atoms with Gasteiger partial charge in [0.2, 0.25) is 0 Å². The Bertz CT molecular complexity index is 264. The van der Waals surface area contributed by atoms with Crippen LogP contribution >= 0.6 is 15.9 Å². The number of amides is 1. The summed E-state index contributed by atoms with van der Waals surface area (Å²) in [6, 6.07) is 0. The van der Waals surface area contributed by atoms with Gasteiger partial charge in [-0.15, -0.1) is 5.10 Å². The lowest BCUT2D eigenvalue weighted by Crippen LogP contribution is -2.11. The topological polar surface area (TPSA) is 80.0 Å². The molecule has 6 nitrogen and oxygen atoms in total. The summed E-state index contributed by atoms with van der Waals surface area (Å²) in [7, 11) is 1.59. The number of nitrogens with zero attached hydrogens (tertiary/aromatic N) is 3. The third kappa shape index (κ3) is 1.67. The Balaban J connectivity index is 2.92. The number of anilines is 1. The molecule has 0 aliphatic heterocycles. The molecule has 0 aromatic carbocycles. The number of aromatic nitrogens is 3. The first kappa shape index (κ1) is 7.99. The smallest absolute Gasteiger partial charge is 0.410 e. The second-order valence-electron chi connectivity index (χ2n) is 1.78. The van der Waals surface area contributed by atoms with Crippen molar-refractivity contribution in [1.29, 1.82) is 0 Å². The van der Waals surface area contributed by atoms with Gasteiger partial charge in [0.25, 0.3) is 0 Å². The quantitative estimate of drug-likeness (QED) is 0.730. The molecule has 0 saturated heterocycles. The Kier molecular flexibility index (Phi) is 2.08. The van der Waals surface area contributed by atoms with Gasteiger partial charge in [0.05, 0.1) is 0 Å². The average molecular weight is 221 g/mol. The molecule has 7 heteroatoms. The molecule has 0 saturated carbocycles. The highest BCUT2D eigenvalue weighted by molar-refractivity contribution is 9.10. The fourth-order valence-electron chi connectivity index (χ4n) is 0.566. The first-order valence-corrected chi connectivity index (χ1v) is 3.45. The van der Waals surface area contributed by atoms with Crippen molar-refractivity contribution in [3.8, 4) is 0 Å². The van der Waals surface area contributed by atoms with E-state index in [9.17, 15) is 4.79 Å². The Morgan fingerprint density at radius 1 is 1.82 bits per heavy atom. The molecule has 60 valence electrons. The predicted molar refractivity (Wildman–Crippen MR) is 40.4 cm³/mol. The zero-order chi connectivity index (χ0) is 8.43. The number of hydrogen-bond donors (Lipinski definition) is 2. The summed E-state index contributed by atoms with van der Waals surface area (Å²) in [6.07, 6.45) is -1.14. The third-order valence-electron chi connectivity index (χ3n) is 1.01. The van der Waals surface area contributed by atoms with Gasteiger partial charge in [0.1, 0.15) is 0 Å². The highest BCUT2D eigenvalue weighted by atomic mass is 79.9. The van der Waals surface area contributed by atoms with Crippen LogP contribution in [0.5, 0.6) is 0 Å². The van der Waals surface area contributed by atoms with Crippen LogP contribution in [0.3, 0.4) is 0 Å². The van der Waals surface area contributed by atoms with E-state index in [-0.39, 0.29) is 0 Å². The van der Waals surface area contributed by atoms with Crippen LogP contribution in [0.1, 0.15) is 0 Å². The molecule has 11 heavy (non-hydrogen) atoms. The maximum absolute atomic E-state index is 10.2. The normalized spacial score (nSPS) is 9.64. The molecule has 0 aliphatic carbocycles. The average Bonchev–Trinajstić information content (AvgIpc) is 2.18. The standard InChI is InChI=1S/C4H5BrN4O2/c1-9-3(6-4(10)11)2(5)7-8-9/h6H,1H3,(H,10,11). The summed E-state index contributed by atoms with van der Waals surface area (Å²) < 4.78 is 1.69. The van der Waals surface area contributed by atoms with E-state index < -0.39 is 6.09 Å². The fourth-order valence-corrected chi connectivity index (χ4v) is 0.992. The van der Waals surface area contributed by atoms with Crippen LogP contribution in [0.25, 0.3) is 0 Å². The Morgan fingerprint density at radius 3 is 2.82 bits per heavy atom. The van der Waals surface area contributed by atoms with E-state index in [4.69, 9.17) is 5.11 Å². The molecule has 0 fully saturated rings. The molecule has 0 atom stereocenters. The minimum Gasteiger partial charge on any atom is -0.465 e. The summed E-state index contributed by atoms with van der Waals surface area (Å²) >= 11 is 3.03. The van der Waals surface area contributed by atoms with Gasteiger partial charge in [0.15, 0.2) is 10.4 Å². The second-order valence-corrected chi connectivity index (χ2v) is 2.53. The van der Waals surface area contributed by atoms with Crippen molar-refractivity contribution in [3.05, 3.63) is 4.60 Å². The zero-order valence-electron chi connectivity index (χ0n) is 5.58. The van der Waals surface area contributed by atoms with E-state index in [1.165, 1.54) is 4.68 Å². The molecule has 0 bridgehead atoms. The Hall–Kier alpha value is -1.11. The molecule has 2 N–H and O–H groups in total. The minimum absolute atomic E-state index is 0.317. The molecular formula is C4H5BrN4O2. The highest BCUT2D eigenvalue weighted by Crippen LogP contribution is 2.16. The molecule has 1 aromatic heterocycles. The van der Waals surface area contributed by atoms with Crippen molar-refractivity contribution in [2.24, 2.45) is 7.05 Å². The van der Waals surface area contributed by atoms with Crippen molar-refractivity contribution < 1.29 is 9.90 Å². The molecule has 1 aromatic rings. The van der Waals surface area contributed by atoms with Crippen molar-refractivity contribution in [2.75, 3.05) is 5.32 Å². The fraction of sp³-hybridized carbons (Fsp3) is 0.250. The van der Waals surface area contributed by atoms with Gasteiger partial charge in [-0.05, 0) is 15.9 Å². The number of hydrogen-bond acceptors (Lipinski definition) is 3. The summed E-state index contributed by atoms with van der Waals surface area (Å²) in [5, 5.41) is 17.6. The summed E-state index contributed by atoms with van der Waals surface area (Å²) in [5.74, 6) is 0.317. The molecule has 0 radical (unpaired) electrons. The maximum atomic E-state index is 10.2. The van der Waals surface area contributed by atoms with Gasteiger partial charge in [-0.3, -0.25) is 5.32 Å². The lowest BCUT2D eigenvalue weighted by molar-refractivity contribution is 0.209. The molecule has 1 amide bonds. The monoisotopic (exact) mass is 220 g/mol. The molecular weight excluding hydrogens is 216 g/mol. The molecule has 0 aliphatic rings. The van der Waals surface area contributed by atoms with Crippen LogP contribution < -0.4 is 5.32 Å². The van der Waals surface area contributed by atoms with E-state index in [1.54, 1.807) is 7.05 Å². The largest absolute Gasteiger partial charge is 0.465 e. The van der Waals surface area contributed by atoms with Crippen LogP contribution in [0.2, 0.25) is 0 Å². The lowest BCUT2D eigenvalue weighted by atomic mass is 10.7. The summed E-state index contributed by atoms with van der Waals surface area (Å²) in [6.45, 7) is 0. The number of carboxylic acid groups (broad SMARTS) is 1. The van der Waals surface area contributed by atoms with Crippen LogP contribution in [0.4, 0.5) is 10.6 Å². The molecule has 1 rings (SSSR count). The van der Waals surface area contributed by atoms with E-state index in [1.807, 2.05) is 0 Å². The number of rotatable bonds is 1. The van der Waals surface area contributed by atoms with Crippen molar-refractivity contribution >= 4 is 27.8 Å². The van der Waals surface area contributed by atoms with Gasteiger partial charge >= 0.3 is 6.09 Å². The second kappa shape index (κ2) is 2.87. The number of halogens is 1. The van der Waals surface area contributed by atoms with E-state index in [2.05, 4.69) is 31.6 Å². The predicted octanol–water partition coefficient (Wildman–Crippen LogP) is 0.667. The first-order chi connectivity index (χ1) is 5.11. The van der Waals surface area contributed by atoms with Gasteiger partial charge in [-0.1, -0.05) is 5.21 Å². The van der Waals surface area contributed by atoms with Crippen molar-refractivity contribution in [2.45, 2.75) is 0 Å². The van der Waals surface area contributed by atoms with Crippen molar-refractivity contribution in [1.82, 2.24) is 15.0 Å². The Labute approximate surface area is 70.3 Å². The highest BCUT2D eigenvalue weighted by Gasteiger charge is 2.09. The van der Waals surface area contributed by atoms with Gasteiger partial charge in [0, 0.05) is 7.05 Å². The number of nitrogens with one attached hydrogen (secondary N) is 1. The summed E-state index contributed by atoms with van der Waals surface area (Å²) in [5.41, 5.74) is 0. The van der Waals surface area contributed by atoms with E-state index >= 15 is 0 Å². The first-order valence-electron chi connectivity index (χ1n) is 2.66. The molecule has 1 heterocycles. The van der Waals surface area contributed by atoms with Crippen molar-refractivity contribution in [3.63, 3.8) is 0 Å². The van der Waals surface area contributed by atoms with Crippen LogP contribution in [0, 0.1) is 0 Å².